The molecule has 0 bridgehead atoms. The van der Waals surface area contributed by atoms with Gasteiger partial charge in [0.1, 0.15) is 0 Å². The molecule has 0 aromatic heterocycles. The first-order valence-corrected chi connectivity index (χ1v) is 6.52. The zero-order chi connectivity index (χ0) is 11.8. The van der Waals surface area contributed by atoms with Crippen LogP contribution in [0, 0.1) is 13.8 Å². The van der Waals surface area contributed by atoms with Gasteiger partial charge in [-0.05, 0) is 39.3 Å². The van der Waals surface area contributed by atoms with Gasteiger partial charge in [-0.25, -0.2) is 0 Å². The fourth-order valence-electron chi connectivity index (χ4n) is 1.72. The molecule has 1 aliphatic rings. The van der Waals surface area contributed by atoms with Gasteiger partial charge in [0.25, 0.3) is 0 Å². The molecule has 2 rings (SSSR count). The Kier molecular flexibility index (Phi) is 2.98. The lowest BCUT2D eigenvalue weighted by molar-refractivity contribution is 0.605. The van der Waals surface area contributed by atoms with Gasteiger partial charge in [-0.1, -0.05) is 29.5 Å². The summed E-state index contributed by atoms with van der Waals surface area (Å²) in [6, 6.07) is 6.44. The average Bonchev–Trinajstić information content (AvgIpc) is 2.51. The van der Waals surface area contributed by atoms with Crippen molar-refractivity contribution in [1.82, 2.24) is 0 Å². The van der Waals surface area contributed by atoms with Gasteiger partial charge < -0.3 is 5.32 Å². The summed E-state index contributed by atoms with van der Waals surface area (Å²) in [5.41, 5.74) is 3.80. The van der Waals surface area contributed by atoms with Crippen molar-refractivity contribution in [1.29, 1.82) is 0 Å². The largest absolute Gasteiger partial charge is 0.335 e. The molecule has 0 saturated heterocycles. The maximum atomic E-state index is 4.65. The molecule has 0 amide bonds. The summed E-state index contributed by atoms with van der Waals surface area (Å²) in [6.07, 6.45) is 0. The predicted molar refractivity (Wildman–Crippen MR) is 73.5 cm³/mol. The van der Waals surface area contributed by atoms with Gasteiger partial charge in [0.2, 0.25) is 0 Å². The van der Waals surface area contributed by atoms with Gasteiger partial charge in [-0.3, -0.25) is 4.99 Å². The zero-order valence-electron chi connectivity index (χ0n) is 10.3. The second-order valence-corrected chi connectivity index (χ2v) is 5.93. The van der Waals surface area contributed by atoms with Crippen LogP contribution in [0.2, 0.25) is 0 Å². The van der Waals surface area contributed by atoms with Crippen molar-refractivity contribution in [3.63, 3.8) is 0 Å². The number of nitrogens with one attached hydrogen (secondary N) is 1. The minimum absolute atomic E-state index is 0.0750. The van der Waals surface area contributed by atoms with E-state index in [2.05, 4.69) is 56.2 Å². The van der Waals surface area contributed by atoms with Crippen molar-refractivity contribution < 1.29 is 0 Å². The highest BCUT2D eigenvalue weighted by Crippen LogP contribution is 2.28. The minimum atomic E-state index is 0.0750. The molecule has 3 heteroatoms. The van der Waals surface area contributed by atoms with E-state index in [9.17, 15) is 0 Å². The summed E-state index contributed by atoms with van der Waals surface area (Å²) in [6.45, 7) is 8.57. The van der Waals surface area contributed by atoms with E-state index in [1.54, 1.807) is 11.8 Å². The molecule has 0 unspecified atom stereocenters. The van der Waals surface area contributed by atoms with Crippen LogP contribution in [0.5, 0.6) is 0 Å². The first kappa shape index (κ1) is 11.5. The van der Waals surface area contributed by atoms with E-state index in [0.717, 1.165) is 16.6 Å². The molecule has 1 aliphatic heterocycles. The van der Waals surface area contributed by atoms with Crippen molar-refractivity contribution in [3.8, 4) is 0 Å². The Balaban J connectivity index is 2.16. The Labute approximate surface area is 102 Å². The van der Waals surface area contributed by atoms with Crippen molar-refractivity contribution >= 4 is 22.6 Å². The van der Waals surface area contributed by atoms with Crippen LogP contribution in [-0.2, 0) is 0 Å². The van der Waals surface area contributed by atoms with E-state index < -0.39 is 0 Å². The van der Waals surface area contributed by atoms with E-state index in [1.165, 1.54) is 11.1 Å². The van der Waals surface area contributed by atoms with E-state index in [4.69, 9.17) is 0 Å². The molecule has 0 aliphatic carbocycles. The van der Waals surface area contributed by atoms with E-state index in [1.807, 2.05) is 0 Å². The highest BCUT2D eigenvalue weighted by atomic mass is 32.2. The minimum Gasteiger partial charge on any atom is -0.335 e. The third kappa shape index (κ3) is 2.59. The summed E-state index contributed by atoms with van der Waals surface area (Å²) in [5.74, 6) is 1.06. The summed E-state index contributed by atoms with van der Waals surface area (Å²) >= 11 is 1.80. The Bertz CT molecular complexity index is 436. The monoisotopic (exact) mass is 234 g/mol. The van der Waals surface area contributed by atoms with E-state index >= 15 is 0 Å². The van der Waals surface area contributed by atoms with E-state index in [-0.39, 0.29) is 5.54 Å². The van der Waals surface area contributed by atoms with Gasteiger partial charge in [0, 0.05) is 11.4 Å². The Morgan fingerprint density at radius 1 is 1.31 bits per heavy atom. The zero-order valence-corrected chi connectivity index (χ0v) is 11.1. The second-order valence-electron chi connectivity index (χ2n) is 4.96. The predicted octanol–water partition coefficient (Wildman–Crippen LogP) is 3.60. The van der Waals surface area contributed by atoms with Crippen LogP contribution in [0.4, 0.5) is 5.69 Å². The molecular formula is C13H18N2S. The lowest BCUT2D eigenvalue weighted by atomic mass is 10.1. The number of thioether (sulfide) groups is 1. The SMILES string of the molecule is Cc1ccc(NC2=NC(C)(C)CS2)c(C)c1. The lowest BCUT2D eigenvalue weighted by Crippen LogP contribution is -2.15. The molecule has 1 heterocycles. The van der Waals surface area contributed by atoms with Crippen molar-refractivity contribution in [2.24, 2.45) is 4.99 Å². The number of aryl methyl sites for hydroxylation is 2. The summed E-state index contributed by atoms with van der Waals surface area (Å²) in [5, 5.41) is 4.44. The number of hydrogen-bond acceptors (Lipinski definition) is 3. The van der Waals surface area contributed by atoms with Gasteiger partial charge in [-0.15, -0.1) is 0 Å². The smallest absolute Gasteiger partial charge is 0.161 e. The number of rotatable bonds is 1. The van der Waals surface area contributed by atoms with Gasteiger partial charge in [0.15, 0.2) is 5.17 Å². The van der Waals surface area contributed by atoms with Gasteiger partial charge in [-0.2, -0.15) is 0 Å². The molecule has 16 heavy (non-hydrogen) atoms. The van der Waals surface area contributed by atoms with Crippen LogP contribution in [0.25, 0.3) is 0 Å². The molecular weight excluding hydrogens is 216 g/mol. The number of anilines is 1. The third-order valence-electron chi connectivity index (χ3n) is 2.59. The summed E-state index contributed by atoms with van der Waals surface area (Å²) in [4.78, 5) is 4.65. The van der Waals surface area contributed by atoms with Crippen molar-refractivity contribution in [2.75, 3.05) is 11.1 Å². The molecule has 0 fully saturated rings. The summed E-state index contributed by atoms with van der Waals surface area (Å²) in [7, 11) is 0. The molecule has 0 spiro atoms. The standard InChI is InChI=1S/C13H18N2S/c1-9-5-6-11(10(2)7-9)14-12-15-13(3,4)8-16-12/h5-7H,8H2,1-4H3,(H,14,15). The Morgan fingerprint density at radius 3 is 2.62 bits per heavy atom. The quantitative estimate of drug-likeness (QED) is 0.803. The fraction of sp³-hybridized carbons (Fsp3) is 0.462. The number of hydrogen-bond donors (Lipinski definition) is 1. The molecule has 86 valence electrons. The van der Waals surface area contributed by atoms with Crippen molar-refractivity contribution in [2.45, 2.75) is 33.2 Å². The molecule has 0 atom stereocenters. The number of aliphatic imine (C=N–C) groups is 1. The molecule has 0 saturated carbocycles. The normalized spacial score (nSPS) is 18.4. The van der Waals surface area contributed by atoms with Crippen LogP contribution in [0.15, 0.2) is 23.2 Å². The number of benzene rings is 1. The molecule has 0 radical (unpaired) electrons. The second kappa shape index (κ2) is 4.13. The fourth-order valence-corrected chi connectivity index (χ4v) is 2.77. The molecule has 2 nitrogen and oxygen atoms in total. The number of amidine groups is 1. The summed E-state index contributed by atoms with van der Waals surface area (Å²) < 4.78 is 0. The van der Waals surface area contributed by atoms with Gasteiger partial charge in [0.05, 0.1) is 5.54 Å². The van der Waals surface area contributed by atoms with Crippen LogP contribution >= 0.6 is 11.8 Å². The molecule has 1 N–H and O–H groups in total. The first-order chi connectivity index (χ1) is 7.46. The molecule has 1 aromatic carbocycles. The van der Waals surface area contributed by atoms with Gasteiger partial charge >= 0.3 is 0 Å². The van der Waals surface area contributed by atoms with Crippen LogP contribution in [0.1, 0.15) is 25.0 Å². The first-order valence-electron chi connectivity index (χ1n) is 5.53. The third-order valence-corrected chi connectivity index (χ3v) is 3.91. The number of nitrogens with zero attached hydrogens (tertiary/aromatic N) is 1. The van der Waals surface area contributed by atoms with Crippen LogP contribution < -0.4 is 5.32 Å². The van der Waals surface area contributed by atoms with E-state index in [0.29, 0.717) is 0 Å². The Morgan fingerprint density at radius 2 is 2.06 bits per heavy atom. The van der Waals surface area contributed by atoms with Crippen LogP contribution in [-0.4, -0.2) is 16.5 Å². The lowest BCUT2D eigenvalue weighted by Gasteiger charge is -2.10. The van der Waals surface area contributed by atoms with Crippen LogP contribution in [0.3, 0.4) is 0 Å². The molecule has 1 aromatic rings. The highest BCUT2D eigenvalue weighted by Gasteiger charge is 2.25. The Hall–Kier alpha value is -0.960. The topological polar surface area (TPSA) is 24.4 Å². The highest BCUT2D eigenvalue weighted by molar-refractivity contribution is 8.14. The maximum absolute atomic E-state index is 4.65. The average molecular weight is 234 g/mol. The van der Waals surface area contributed by atoms with Crippen molar-refractivity contribution in [3.05, 3.63) is 29.3 Å². The maximum Gasteiger partial charge on any atom is 0.161 e.